The van der Waals surface area contributed by atoms with Crippen molar-refractivity contribution in [3.63, 3.8) is 0 Å². The van der Waals surface area contributed by atoms with Gasteiger partial charge in [-0.3, -0.25) is 30.0 Å². The molecule has 2 heterocycles. The van der Waals surface area contributed by atoms with E-state index in [0.29, 0.717) is 6.41 Å². The third-order valence-electron chi connectivity index (χ3n) is 2.57. The molecular formula is C9H12N6O4. The number of anilines is 1. The van der Waals surface area contributed by atoms with E-state index in [1.807, 2.05) is 0 Å². The first-order valence-corrected chi connectivity index (χ1v) is 5.35. The molecule has 1 amide bonds. The number of aliphatic hydroxyl groups excluding tert-OH is 1. The quantitative estimate of drug-likeness (QED) is 0.349. The number of nitrogens with zero attached hydrogens (tertiary/aromatic N) is 3. The lowest BCUT2D eigenvalue weighted by atomic mass is 10.5. The molecule has 0 aromatic carbocycles. The number of aryl methyl sites for hydroxylation is 1. The Morgan fingerprint density at radius 1 is 1.47 bits per heavy atom. The number of amides is 1. The molecule has 0 aliphatic heterocycles. The van der Waals surface area contributed by atoms with Crippen LogP contribution in [0.15, 0.2) is 9.59 Å². The van der Waals surface area contributed by atoms with Gasteiger partial charge < -0.3 is 9.67 Å². The number of aliphatic hydroxyl groups is 1. The summed E-state index contributed by atoms with van der Waals surface area (Å²) >= 11 is 0. The van der Waals surface area contributed by atoms with E-state index in [2.05, 4.69) is 20.8 Å². The van der Waals surface area contributed by atoms with E-state index in [1.54, 1.807) is 0 Å². The molecule has 0 aliphatic rings. The van der Waals surface area contributed by atoms with E-state index in [9.17, 15) is 14.4 Å². The number of aromatic nitrogens is 4. The summed E-state index contributed by atoms with van der Waals surface area (Å²) in [4.78, 5) is 39.7. The Morgan fingerprint density at radius 3 is 2.84 bits per heavy atom. The van der Waals surface area contributed by atoms with Crippen LogP contribution < -0.4 is 22.1 Å². The molecule has 19 heavy (non-hydrogen) atoms. The van der Waals surface area contributed by atoms with E-state index in [4.69, 9.17) is 5.11 Å². The van der Waals surface area contributed by atoms with Gasteiger partial charge in [0.2, 0.25) is 12.4 Å². The van der Waals surface area contributed by atoms with Crippen LogP contribution in [0.2, 0.25) is 0 Å². The zero-order valence-corrected chi connectivity index (χ0v) is 10.0. The van der Waals surface area contributed by atoms with Crippen LogP contribution in [0.5, 0.6) is 0 Å². The van der Waals surface area contributed by atoms with Crippen LogP contribution in [0.3, 0.4) is 0 Å². The van der Waals surface area contributed by atoms with Crippen molar-refractivity contribution in [3.8, 4) is 0 Å². The molecule has 0 unspecified atom stereocenters. The average Bonchev–Trinajstić information content (AvgIpc) is 2.74. The smallest absolute Gasteiger partial charge is 0.329 e. The second-order valence-corrected chi connectivity index (χ2v) is 3.69. The predicted octanol–water partition coefficient (Wildman–Crippen LogP) is -2.51. The Hall–Kier alpha value is -2.62. The minimum atomic E-state index is -0.613. The van der Waals surface area contributed by atoms with Crippen LogP contribution in [0, 0.1) is 0 Å². The Bertz CT molecular complexity index is 727. The second-order valence-electron chi connectivity index (χ2n) is 3.69. The largest absolute Gasteiger partial charge is 0.395 e. The Kier molecular flexibility index (Phi) is 3.33. The molecule has 0 saturated carbocycles. The molecule has 0 spiro atoms. The second kappa shape index (κ2) is 4.94. The van der Waals surface area contributed by atoms with E-state index < -0.39 is 11.2 Å². The number of imidazole rings is 1. The lowest BCUT2D eigenvalue weighted by Gasteiger charge is -2.07. The molecule has 102 valence electrons. The zero-order valence-electron chi connectivity index (χ0n) is 10.0. The van der Waals surface area contributed by atoms with Crippen molar-refractivity contribution in [3.05, 3.63) is 20.8 Å². The Balaban J connectivity index is 2.76. The van der Waals surface area contributed by atoms with Crippen molar-refractivity contribution in [2.75, 3.05) is 12.0 Å². The van der Waals surface area contributed by atoms with Gasteiger partial charge in [0.15, 0.2) is 11.2 Å². The molecular weight excluding hydrogens is 256 g/mol. The normalized spacial score (nSPS) is 10.6. The summed E-state index contributed by atoms with van der Waals surface area (Å²) in [5.41, 5.74) is 3.72. The third kappa shape index (κ3) is 2.08. The van der Waals surface area contributed by atoms with Crippen molar-refractivity contribution in [1.82, 2.24) is 24.5 Å². The summed E-state index contributed by atoms with van der Waals surface area (Å²) in [7, 11) is 1.45. The van der Waals surface area contributed by atoms with Gasteiger partial charge in [-0.25, -0.2) is 4.79 Å². The maximum Gasteiger partial charge on any atom is 0.329 e. The first kappa shape index (κ1) is 12.8. The number of H-pyrrole nitrogens is 1. The zero-order chi connectivity index (χ0) is 14.0. The number of carbonyl (C=O) groups is 1. The van der Waals surface area contributed by atoms with Crippen molar-refractivity contribution < 1.29 is 9.90 Å². The molecule has 2 aromatic rings. The SMILES string of the molecule is Cn1c(=O)[nH]c(=O)c2c1nc(NNC=O)n2CCO. The van der Waals surface area contributed by atoms with Crippen LogP contribution in [-0.4, -0.2) is 37.2 Å². The maximum atomic E-state index is 11.8. The highest BCUT2D eigenvalue weighted by atomic mass is 16.3. The highest BCUT2D eigenvalue weighted by Gasteiger charge is 2.16. The van der Waals surface area contributed by atoms with Gasteiger partial charge in [0.1, 0.15) is 0 Å². The van der Waals surface area contributed by atoms with Crippen LogP contribution >= 0.6 is 0 Å². The Morgan fingerprint density at radius 2 is 2.21 bits per heavy atom. The van der Waals surface area contributed by atoms with Crippen LogP contribution in [0.1, 0.15) is 0 Å². The number of fused-ring (bicyclic) bond motifs is 1. The first-order chi connectivity index (χ1) is 9.10. The van der Waals surface area contributed by atoms with Gasteiger partial charge in [0.05, 0.1) is 6.61 Å². The Labute approximate surface area is 105 Å². The monoisotopic (exact) mass is 268 g/mol. The van der Waals surface area contributed by atoms with Gasteiger partial charge in [0.25, 0.3) is 5.56 Å². The number of carbonyl (C=O) groups excluding carboxylic acids is 1. The first-order valence-electron chi connectivity index (χ1n) is 5.35. The van der Waals surface area contributed by atoms with Gasteiger partial charge in [-0.1, -0.05) is 0 Å². The minimum absolute atomic E-state index is 0.0840. The third-order valence-corrected chi connectivity index (χ3v) is 2.57. The van der Waals surface area contributed by atoms with Crippen molar-refractivity contribution in [2.45, 2.75) is 6.54 Å². The van der Waals surface area contributed by atoms with E-state index >= 15 is 0 Å². The lowest BCUT2D eigenvalue weighted by Crippen LogP contribution is -2.29. The molecule has 0 fully saturated rings. The van der Waals surface area contributed by atoms with E-state index in [0.717, 1.165) is 4.57 Å². The molecule has 4 N–H and O–H groups in total. The van der Waals surface area contributed by atoms with Gasteiger partial charge in [-0.2, -0.15) is 4.98 Å². The van der Waals surface area contributed by atoms with Crippen molar-refractivity contribution in [2.24, 2.45) is 7.05 Å². The number of hydrogen-bond acceptors (Lipinski definition) is 6. The number of hydrazine groups is 1. The van der Waals surface area contributed by atoms with Gasteiger partial charge in [0, 0.05) is 13.6 Å². The topological polar surface area (TPSA) is 134 Å². The average molecular weight is 268 g/mol. The standard InChI is InChI=1S/C9H12N6O4/c1-14-6-5(7(18)12-9(14)19)15(2-3-16)8(11-6)13-10-4-17/h4,16H,2-3H2,1H3,(H,10,17)(H,11,13)(H,12,18,19). The molecule has 0 radical (unpaired) electrons. The summed E-state index contributed by atoms with van der Waals surface area (Å²) in [5, 5.41) is 9.02. The maximum absolute atomic E-state index is 11.8. The number of hydrogen-bond donors (Lipinski definition) is 4. The molecule has 2 rings (SSSR count). The minimum Gasteiger partial charge on any atom is -0.395 e. The fraction of sp³-hybridized carbons (Fsp3) is 0.333. The number of nitrogens with one attached hydrogen (secondary N) is 3. The lowest BCUT2D eigenvalue weighted by molar-refractivity contribution is -0.109. The number of rotatable bonds is 5. The molecule has 10 nitrogen and oxygen atoms in total. The predicted molar refractivity (Wildman–Crippen MR) is 65.5 cm³/mol. The fourth-order valence-corrected chi connectivity index (χ4v) is 1.74. The highest BCUT2D eigenvalue weighted by molar-refractivity contribution is 5.74. The van der Waals surface area contributed by atoms with E-state index in [1.165, 1.54) is 11.6 Å². The molecule has 0 atom stereocenters. The van der Waals surface area contributed by atoms with Crippen LogP contribution in [0.4, 0.5) is 5.95 Å². The van der Waals surface area contributed by atoms with Crippen molar-refractivity contribution in [1.29, 1.82) is 0 Å². The van der Waals surface area contributed by atoms with Crippen LogP contribution in [0.25, 0.3) is 11.2 Å². The van der Waals surface area contributed by atoms with E-state index in [-0.39, 0.29) is 30.3 Å². The summed E-state index contributed by atoms with van der Waals surface area (Å²) in [6.07, 6.45) is 0.395. The summed E-state index contributed by atoms with van der Waals surface area (Å²) in [5.74, 6) is 0.142. The molecule has 10 heteroatoms. The van der Waals surface area contributed by atoms with Crippen LogP contribution in [-0.2, 0) is 18.4 Å². The molecule has 2 aromatic heterocycles. The fourth-order valence-electron chi connectivity index (χ4n) is 1.74. The van der Waals surface area contributed by atoms with Gasteiger partial charge in [-0.05, 0) is 0 Å². The number of aromatic amines is 1. The molecule has 0 bridgehead atoms. The summed E-state index contributed by atoms with van der Waals surface area (Å²) in [6, 6.07) is 0. The summed E-state index contributed by atoms with van der Waals surface area (Å²) < 4.78 is 2.53. The van der Waals surface area contributed by atoms with Crippen molar-refractivity contribution >= 4 is 23.5 Å². The summed E-state index contributed by atoms with van der Waals surface area (Å²) in [6.45, 7) is -0.149. The molecule has 0 saturated heterocycles. The molecule has 0 aliphatic carbocycles. The highest BCUT2D eigenvalue weighted by Crippen LogP contribution is 2.13. The van der Waals surface area contributed by atoms with Gasteiger partial charge in [-0.15, -0.1) is 0 Å². The van der Waals surface area contributed by atoms with Gasteiger partial charge >= 0.3 is 5.69 Å².